The van der Waals surface area contributed by atoms with Gasteiger partial charge in [0.25, 0.3) is 5.91 Å². The van der Waals surface area contributed by atoms with Gasteiger partial charge in [-0.25, -0.2) is 4.98 Å². The van der Waals surface area contributed by atoms with E-state index < -0.39 is 0 Å². The molecule has 23 heavy (non-hydrogen) atoms. The summed E-state index contributed by atoms with van der Waals surface area (Å²) in [6, 6.07) is 8.63. The predicted molar refractivity (Wildman–Crippen MR) is 89.6 cm³/mol. The number of carbonyl (C=O) groups excluding carboxylic acids is 1. The third-order valence-electron chi connectivity index (χ3n) is 5.23. The standard InChI is InChI=1S/C19H23N3O/c1-14-6-2-3-7-16(14)15-8-9-18-20-17(13-22(18)12-15)19(23)21-10-4-5-11-21/h2-3,6-7,13,15H,4-5,8-12H2,1H3/t15-/m1/s1. The maximum absolute atomic E-state index is 12.5. The van der Waals surface area contributed by atoms with E-state index in [-0.39, 0.29) is 5.91 Å². The molecule has 2 aromatic rings. The number of carbonyl (C=O) groups is 1. The molecule has 3 heterocycles. The van der Waals surface area contributed by atoms with E-state index in [1.54, 1.807) is 0 Å². The third kappa shape index (κ3) is 2.67. The minimum absolute atomic E-state index is 0.108. The van der Waals surface area contributed by atoms with Crippen molar-refractivity contribution in [3.8, 4) is 0 Å². The highest BCUT2D eigenvalue weighted by Crippen LogP contribution is 2.30. The van der Waals surface area contributed by atoms with Crippen molar-refractivity contribution in [2.45, 2.75) is 45.1 Å². The third-order valence-corrected chi connectivity index (χ3v) is 5.23. The van der Waals surface area contributed by atoms with Crippen molar-refractivity contribution in [2.24, 2.45) is 0 Å². The highest BCUT2D eigenvalue weighted by Gasteiger charge is 2.26. The minimum Gasteiger partial charge on any atom is -0.337 e. The van der Waals surface area contributed by atoms with Crippen LogP contribution in [0.15, 0.2) is 30.5 Å². The van der Waals surface area contributed by atoms with Crippen LogP contribution in [0.3, 0.4) is 0 Å². The van der Waals surface area contributed by atoms with Gasteiger partial charge in [-0.2, -0.15) is 0 Å². The van der Waals surface area contributed by atoms with E-state index in [9.17, 15) is 4.79 Å². The van der Waals surface area contributed by atoms with Crippen molar-refractivity contribution in [1.29, 1.82) is 0 Å². The van der Waals surface area contributed by atoms with Crippen LogP contribution in [0.2, 0.25) is 0 Å². The van der Waals surface area contributed by atoms with E-state index in [0.717, 1.165) is 51.1 Å². The first-order chi connectivity index (χ1) is 11.2. The number of nitrogens with zero attached hydrogens (tertiary/aromatic N) is 3. The Bertz CT molecular complexity index is 728. The molecule has 1 amide bonds. The largest absolute Gasteiger partial charge is 0.337 e. The first-order valence-corrected chi connectivity index (χ1v) is 8.63. The summed E-state index contributed by atoms with van der Waals surface area (Å²) in [7, 11) is 0. The zero-order chi connectivity index (χ0) is 15.8. The minimum atomic E-state index is 0.108. The maximum Gasteiger partial charge on any atom is 0.274 e. The molecular weight excluding hydrogens is 286 g/mol. The molecule has 0 unspecified atom stereocenters. The lowest BCUT2D eigenvalue weighted by atomic mass is 9.89. The molecule has 0 spiro atoms. The fraction of sp³-hybridized carbons (Fsp3) is 0.474. The summed E-state index contributed by atoms with van der Waals surface area (Å²) in [6.45, 7) is 4.88. The molecule has 1 fully saturated rings. The highest BCUT2D eigenvalue weighted by atomic mass is 16.2. The Balaban J connectivity index is 1.56. The normalized spacial score (nSPS) is 20.6. The van der Waals surface area contributed by atoms with Gasteiger partial charge in [-0.05, 0) is 37.3 Å². The molecule has 2 aliphatic heterocycles. The predicted octanol–water partition coefficient (Wildman–Crippen LogP) is 3.16. The van der Waals surface area contributed by atoms with Gasteiger partial charge in [-0.15, -0.1) is 0 Å². The molecule has 1 aromatic heterocycles. The molecule has 1 atom stereocenters. The quantitative estimate of drug-likeness (QED) is 0.854. The number of aromatic nitrogens is 2. The van der Waals surface area contributed by atoms with Crippen LogP contribution in [0.4, 0.5) is 0 Å². The average molecular weight is 309 g/mol. The zero-order valence-corrected chi connectivity index (χ0v) is 13.7. The van der Waals surface area contributed by atoms with Gasteiger partial charge >= 0.3 is 0 Å². The van der Waals surface area contributed by atoms with Crippen LogP contribution in [0, 0.1) is 6.92 Å². The molecule has 4 rings (SSSR count). The summed E-state index contributed by atoms with van der Waals surface area (Å²) in [5, 5.41) is 0. The number of benzene rings is 1. The van der Waals surface area contributed by atoms with Crippen molar-refractivity contribution >= 4 is 5.91 Å². The monoisotopic (exact) mass is 309 g/mol. The van der Waals surface area contributed by atoms with Crippen LogP contribution < -0.4 is 0 Å². The lowest BCUT2D eigenvalue weighted by Gasteiger charge is -2.25. The lowest BCUT2D eigenvalue weighted by molar-refractivity contribution is 0.0787. The maximum atomic E-state index is 12.5. The number of rotatable bonds is 2. The zero-order valence-electron chi connectivity index (χ0n) is 13.7. The molecule has 1 aromatic carbocycles. The van der Waals surface area contributed by atoms with E-state index in [4.69, 9.17) is 0 Å². The van der Waals surface area contributed by atoms with Crippen molar-refractivity contribution in [3.05, 3.63) is 53.1 Å². The van der Waals surface area contributed by atoms with E-state index in [1.807, 2.05) is 11.1 Å². The molecule has 120 valence electrons. The number of likely N-dealkylation sites (tertiary alicyclic amines) is 1. The van der Waals surface area contributed by atoms with Crippen LogP contribution in [0.25, 0.3) is 0 Å². The molecule has 0 saturated carbocycles. The molecule has 0 aliphatic carbocycles. The molecule has 1 saturated heterocycles. The topological polar surface area (TPSA) is 38.1 Å². The van der Waals surface area contributed by atoms with Gasteiger partial charge in [0.05, 0.1) is 0 Å². The Kier molecular flexibility index (Phi) is 3.68. The fourth-order valence-corrected chi connectivity index (χ4v) is 3.93. The molecule has 0 radical (unpaired) electrons. The van der Waals surface area contributed by atoms with Crippen LogP contribution in [-0.4, -0.2) is 33.4 Å². The average Bonchev–Trinajstić information content (AvgIpc) is 3.23. The summed E-state index contributed by atoms with van der Waals surface area (Å²) >= 11 is 0. The second-order valence-corrected chi connectivity index (χ2v) is 6.79. The smallest absolute Gasteiger partial charge is 0.274 e. The summed E-state index contributed by atoms with van der Waals surface area (Å²) in [6.07, 6.45) is 6.27. The number of amides is 1. The highest BCUT2D eigenvalue weighted by molar-refractivity contribution is 5.92. The second-order valence-electron chi connectivity index (χ2n) is 6.79. The first-order valence-electron chi connectivity index (χ1n) is 8.63. The van der Waals surface area contributed by atoms with Crippen molar-refractivity contribution in [1.82, 2.24) is 14.5 Å². The van der Waals surface area contributed by atoms with Gasteiger partial charge in [0.15, 0.2) is 0 Å². The van der Waals surface area contributed by atoms with Gasteiger partial charge in [0.2, 0.25) is 0 Å². The molecular formula is C19H23N3O. The van der Waals surface area contributed by atoms with Gasteiger partial charge < -0.3 is 9.47 Å². The van der Waals surface area contributed by atoms with Crippen LogP contribution >= 0.6 is 0 Å². The Morgan fingerprint density at radius 3 is 2.78 bits per heavy atom. The summed E-state index contributed by atoms with van der Waals surface area (Å²) in [4.78, 5) is 19.1. The van der Waals surface area contributed by atoms with Gasteiger partial charge in [0, 0.05) is 38.2 Å². The second kappa shape index (κ2) is 5.84. The van der Waals surface area contributed by atoms with Gasteiger partial charge in [-0.1, -0.05) is 24.3 Å². The van der Waals surface area contributed by atoms with Crippen molar-refractivity contribution in [3.63, 3.8) is 0 Å². The number of hydrogen-bond acceptors (Lipinski definition) is 2. The molecule has 4 heteroatoms. The summed E-state index contributed by atoms with van der Waals surface area (Å²) in [5.74, 6) is 1.70. The fourth-order valence-electron chi connectivity index (χ4n) is 3.93. The van der Waals surface area contributed by atoms with E-state index in [2.05, 4.69) is 40.7 Å². The van der Waals surface area contributed by atoms with Crippen molar-refractivity contribution in [2.75, 3.05) is 13.1 Å². The van der Waals surface area contributed by atoms with Crippen molar-refractivity contribution < 1.29 is 4.79 Å². The van der Waals surface area contributed by atoms with Gasteiger partial charge in [0.1, 0.15) is 11.5 Å². The lowest BCUT2D eigenvalue weighted by Crippen LogP contribution is -2.27. The Morgan fingerprint density at radius 2 is 2.00 bits per heavy atom. The van der Waals surface area contributed by atoms with Gasteiger partial charge in [-0.3, -0.25) is 4.79 Å². The molecule has 2 aliphatic rings. The summed E-state index contributed by atoms with van der Waals surface area (Å²) < 4.78 is 2.20. The summed E-state index contributed by atoms with van der Waals surface area (Å²) in [5.41, 5.74) is 3.42. The molecule has 0 bridgehead atoms. The number of fused-ring (bicyclic) bond motifs is 1. The molecule has 0 N–H and O–H groups in total. The number of imidazole rings is 1. The van der Waals surface area contributed by atoms with Crippen LogP contribution in [-0.2, 0) is 13.0 Å². The van der Waals surface area contributed by atoms with E-state index in [0.29, 0.717) is 11.6 Å². The van der Waals surface area contributed by atoms with E-state index >= 15 is 0 Å². The Morgan fingerprint density at radius 1 is 1.22 bits per heavy atom. The van der Waals surface area contributed by atoms with Crippen LogP contribution in [0.1, 0.15) is 52.6 Å². The number of hydrogen-bond donors (Lipinski definition) is 0. The van der Waals surface area contributed by atoms with E-state index in [1.165, 1.54) is 11.1 Å². The number of aryl methyl sites for hydroxylation is 2. The van der Waals surface area contributed by atoms with Crippen LogP contribution in [0.5, 0.6) is 0 Å². The Hall–Kier alpha value is -2.10. The Labute approximate surface area is 137 Å². The molecule has 4 nitrogen and oxygen atoms in total. The SMILES string of the molecule is Cc1ccccc1[C@@H]1CCc2nc(C(=O)N3CCCC3)cn2C1. The first kappa shape index (κ1) is 14.5.